The van der Waals surface area contributed by atoms with Gasteiger partial charge in [-0.2, -0.15) is 0 Å². The molecule has 18 heavy (non-hydrogen) atoms. The van der Waals surface area contributed by atoms with E-state index in [4.69, 9.17) is 17.3 Å². The summed E-state index contributed by atoms with van der Waals surface area (Å²) in [5, 5.41) is 0.459. The van der Waals surface area contributed by atoms with Gasteiger partial charge >= 0.3 is 0 Å². The number of halogens is 2. The SMILES string of the molecule is CC1CC1CN(C)C(CN)c1c(F)cccc1Cl. The van der Waals surface area contributed by atoms with Crippen molar-refractivity contribution >= 4 is 11.6 Å². The average Bonchev–Trinajstić information content (AvgIpc) is 2.99. The van der Waals surface area contributed by atoms with E-state index >= 15 is 0 Å². The second kappa shape index (κ2) is 5.55. The highest BCUT2D eigenvalue weighted by Gasteiger charge is 2.35. The number of hydrogen-bond donors (Lipinski definition) is 1. The Kier molecular flexibility index (Phi) is 4.25. The van der Waals surface area contributed by atoms with Crippen molar-refractivity contribution in [3.63, 3.8) is 0 Å². The maximum absolute atomic E-state index is 13.9. The Hall–Kier alpha value is -0.640. The molecular weight excluding hydrogens is 251 g/mol. The Labute approximate surface area is 113 Å². The molecule has 100 valence electrons. The molecule has 2 N–H and O–H groups in total. The van der Waals surface area contributed by atoms with Crippen molar-refractivity contribution in [2.45, 2.75) is 19.4 Å². The molecule has 1 aliphatic rings. The lowest BCUT2D eigenvalue weighted by atomic mass is 10.0. The Balaban J connectivity index is 2.16. The highest BCUT2D eigenvalue weighted by atomic mass is 35.5. The minimum atomic E-state index is -0.270. The largest absolute Gasteiger partial charge is 0.329 e. The summed E-state index contributed by atoms with van der Waals surface area (Å²) in [6.07, 6.45) is 1.26. The van der Waals surface area contributed by atoms with Gasteiger partial charge in [-0.3, -0.25) is 4.90 Å². The van der Waals surface area contributed by atoms with Crippen LogP contribution in [0.3, 0.4) is 0 Å². The standard InChI is InChI=1S/C14H20ClFN2/c1-9-6-10(9)8-18(2)13(7-17)14-11(15)4-3-5-12(14)16/h3-5,9-10,13H,6-8,17H2,1-2H3. The van der Waals surface area contributed by atoms with Crippen molar-refractivity contribution in [2.24, 2.45) is 17.6 Å². The van der Waals surface area contributed by atoms with Gasteiger partial charge in [0.2, 0.25) is 0 Å². The predicted octanol–water partition coefficient (Wildman–Crippen LogP) is 3.07. The van der Waals surface area contributed by atoms with Gasteiger partial charge in [-0.05, 0) is 37.4 Å². The highest BCUT2D eigenvalue weighted by Crippen LogP contribution is 2.39. The summed E-state index contributed by atoms with van der Waals surface area (Å²) in [5.41, 5.74) is 6.33. The van der Waals surface area contributed by atoms with Gasteiger partial charge in [-0.25, -0.2) is 4.39 Å². The Morgan fingerprint density at radius 3 is 2.72 bits per heavy atom. The minimum absolute atomic E-state index is 0.147. The number of nitrogens with zero attached hydrogens (tertiary/aromatic N) is 1. The minimum Gasteiger partial charge on any atom is -0.329 e. The fraction of sp³-hybridized carbons (Fsp3) is 0.571. The van der Waals surface area contributed by atoms with Crippen LogP contribution in [-0.2, 0) is 0 Å². The third-order valence-corrected chi connectivity index (χ3v) is 4.22. The Morgan fingerprint density at radius 1 is 1.56 bits per heavy atom. The summed E-state index contributed by atoms with van der Waals surface area (Å²) >= 11 is 6.11. The maximum atomic E-state index is 13.9. The number of nitrogens with two attached hydrogens (primary N) is 1. The molecule has 1 aromatic rings. The van der Waals surface area contributed by atoms with E-state index in [9.17, 15) is 4.39 Å². The molecule has 0 radical (unpaired) electrons. The molecular formula is C14H20ClFN2. The molecule has 0 aromatic heterocycles. The molecule has 0 heterocycles. The van der Waals surface area contributed by atoms with Crippen LogP contribution in [0.15, 0.2) is 18.2 Å². The molecule has 0 amide bonds. The molecule has 1 fully saturated rings. The van der Waals surface area contributed by atoms with Crippen LogP contribution in [0, 0.1) is 17.7 Å². The fourth-order valence-electron chi connectivity index (χ4n) is 2.50. The van der Waals surface area contributed by atoms with E-state index in [0.717, 1.165) is 18.4 Å². The first kappa shape index (κ1) is 13.8. The van der Waals surface area contributed by atoms with E-state index in [2.05, 4.69) is 11.8 Å². The van der Waals surface area contributed by atoms with Gasteiger partial charge in [0, 0.05) is 23.7 Å². The van der Waals surface area contributed by atoms with Crippen LogP contribution in [0.5, 0.6) is 0 Å². The summed E-state index contributed by atoms with van der Waals surface area (Å²) in [6, 6.07) is 4.64. The van der Waals surface area contributed by atoms with Crippen molar-refractivity contribution in [3.8, 4) is 0 Å². The van der Waals surface area contributed by atoms with Crippen LogP contribution in [0.2, 0.25) is 5.02 Å². The summed E-state index contributed by atoms with van der Waals surface area (Å²) in [7, 11) is 1.99. The summed E-state index contributed by atoms with van der Waals surface area (Å²) in [4.78, 5) is 2.12. The monoisotopic (exact) mass is 270 g/mol. The number of hydrogen-bond acceptors (Lipinski definition) is 2. The van der Waals surface area contributed by atoms with Crippen LogP contribution in [0.1, 0.15) is 24.9 Å². The molecule has 4 heteroatoms. The maximum Gasteiger partial charge on any atom is 0.129 e. The zero-order valence-electron chi connectivity index (χ0n) is 10.9. The highest BCUT2D eigenvalue weighted by molar-refractivity contribution is 6.31. The van der Waals surface area contributed by atoms with E-state index in [0.29, 0.717) is 17.1 Å². The van der Waals surface area contributed by atoms with Crippen LogP contribution in [0.25, 0.3) is 0 Å². The van der Waals surface area contributed by atoms with E-state index in [1.807, 2.05) is 7.05 Å². The molecule has 2 nitrogen and oxygen atoms in total. The fourth-order valence-corrected chi connectivity index (χ4v) is 2.79. The van der Waals surface area contributed by atoms with Crippen LogP contribution < -0.4 is 5.73 Å². The molecule has 3 unspecified atom stereocenters. The third kappa shape index (κ3) is 2.85. The molecule has 1 saturated carbocycles. The van der Waals surface area contributed by atoms with Gasteiger partial charge in [0.1, 0.15) is 5.82 Å². The zero-order valence-corrected chi connectivity index (χ0v) is 11.6. The lowest BCUT2D eigenvalue weighted by Crippen LogP contribution is -2.33. The van der Waals surface area contributed by atoms with Crippen molar-refractivity contribution < 1.29 is 4.39 Å². The van der Waals surface area contributed by atoms with E-state index in [-0.39, 0.29) is 11.9 Å². The molecule has 0 saturated heterocycles. The second-order valence-electron chi connectivity index (χ2n) is 5.30. The predicted molar refractivity (Wildman–Crippen MR) is 73.1 cm³/mol. The van der Waals surface area contributed by atoms with Gasteiger partial charge in [-0.1, -0.05) is 24.6 Å². The Morgan fingerprint density at radius 2 is 2.22 bits per heavy atom. The van der Waals surface area contributed by atoms with Gasteiger partial charge in [0.05, 0.1) is 6.04 Å². The second-order valence-corrected chi connectivity index (χ2v) is 5.71. The molecule has 2 rings (SSSR count). The van der Waals surface area contributed by atoms with Crippen molar-refractivity contribution in [1.29, 1.82) is 0 Å². The van der Waals surface area contributed by atoms with Crippen molar-refractivity contribution in [1.82, 2.24) is 4.90 Å². The van der Waals surface area contributed by atoms with E-state index in [1.165, 1.54) is 12.5 Å². The van der Waals surface area contributed by atoms with Crippen molar-refractivity contribution in [3.05, 3.63) is 34.6 Å². The molecule has 3 atom stereocenters. The molecule has 1 aliphatic carbocycles. The zero-order chi connectivity index (χ0) is 13.3. The first-order valence-corrected chi connectivity index (χ1v) is 6.76. The van der Waals surface area contributed by atoms with Gasteiger partial charge in [0.25, 0.3) is 0 Å². The topological polar surface area (TPSA) is 29.3 Å². The van der Waals surface area contributed by atoms with Crippen LogP contribution in [0.4, 0.5) is 4.39 Å². The number of likely N-dealkylation sites (N-methyl/N-ethyl adjacent to an activating group) is 1. The first-order valence-electron chi connectivity index (χ1n) is 6.38. The van der Waals surface area contributed by atoms with E-state index < -0.39 is 0 Å². The molecule has 0 bridgehead atoms. The summed E-state index contributed by atoms with van der Waals surface area (Å²) < 4.78 is 13.9. The lowest BCUT2D eigenvalue weighted by molar-refractivity contribution is 0.232. The number of benzene rings is 1. The van der Waals surface area contributed by atoms with E-state index in [1.54, 1.807) is 12.1 Å². The summed E-state index contributed by atoms with van der Waals surface area (Å²) in [5.74, 6) is 1.23. The Bertz CT molecular complexity index is 404. The molecule has 0 spiro atoms. The quantitative estimate of drug-likeness (QED) is 0.891. The molecule has 0 aliphatic heterocycles. The number of rotatable bonds is 5. The van der Waals surface area contributed by atoms with Gasteiger partial charge in [0.15, 0.2) is 0 Å². The van der Waals surface area contributed by atoms with Crippen LogP contribution in [-0.4, -0.2) is 25.0 Å². The summed E-state index contributed by atoms with van der Waals surface area (Å²) in [6.45, 7) is 3.57. The first-order chi connectivity index (χ1) is 8.54. The van der Waals surface area contributed by atoms with Crippen LogP contribution >= 0.6 is 11.6 Å². The molecule has 1 aromatic carbocycles. The van der Waals surface area contributed by atoms with Gasteiger partial charge < -0.3 is 5.73 Å². The lowest BCUT2D eigenvalue weighted by Gasteiger charge is -2.28. The van der Waals surface area contributed by atoms with Gasteiger partial charge in [-0.15, -0.1) is 0 Å². The normalized spacial score (nSPS) is 24.3. The average molecular weight is 271 g/mol. The van der Waals surface area contributed by atoms with Crippen molar-refractivity contribution in [2.75, 3.05) is 20.1 Å². The smallest absolute Gasteiger partial charge is 0.129 e. The third-order valence-electron chi connectivity index (χ3n) is 3.89.